The number of nitrogens with zero attached hydrogens (tertiary/aromatic N) is 4. The largest absolute Gasteiger partial charge is 0.305 e. The van der Waals surface area contributed by atoms with Crippen LogP contribution in [0.4, 0.5) is 5.69 Å². The molecule has 0 atom stereocenters. The summed E-state index contributed by atoms with van der Waals surface area (Å²) in [6.07, 6.45) is 0. The SMILES string of the molecule is CC(C)(C)n1c(CBr)nnc1-c1cc(Br)cc([N+](=O)[O-])c1. The van der Waals surface area contributed by atoms with Crippen LogP contribution in [0.3, 0.4) is 0 Å². The van der Waals surface area contributed by atoms with Crippen LogP contribution in [0, 0.1) is 10.1 Å². The van der Waals surface area contributed by atoms with Gasteiger partial charge in [-0.15, -0.1) is 10.2 Å². The molecule has 8 heteroatoms. The van der Waals surface area contributed by atoms with E-state index < -0.39 is 4.92 Å². The molecule has 0 radical (unpaired) electrons. The molecule has 0 aliphatic carbocycles. The lowest BCUT2D eigenvalue weighted by atomic mass is 10.1. The highest BCUT2D eigenvalue weighted by atomic mass is 79.9. The van der Waals surface area contributed by atoms with Gasteiger partial charge in [-0.25, -0.2) is 0 Å². The van der Waals surface area contributed by atoms with Gasteiger partial charge < -0.3 is 4.57 Å². The lowest BCUT2D eigenvalue weighted by molar-refractivity contribution is -0.384. The van der Waals surface area contributed by atoms with Crippen LogP contribution in [0.2, 0.25) is 0 Å². The van der Waals surface area contributed by atoms with E-state index in [2.05, 4.69) is 42.1 Å². The first-order valence-corrected chi connectivity index (χ1v) is 8.11. The summed E-state index contributed by atoms with van der Waals surface area (Å²) in [7, 11) is 0. The maximum absolute atomic E-state index is 11.0. The number of hydrogen-bond acceptors (Lipinski definition) is 4. The van der Waals surface area contributed by atoms with Crippen LogP contribution in [0.1, 0.15) is 26.6 Å². The molecular weight excluding hydrogens is 404 g/mol. The van der Waals surface area contributed by atoms with E-state index in [0.717, 1.165) is 5.82 Å². The molecule has 1 heterocycles. The maximum atomic E-state index is 11.0. The maximum Gasteiger partial charge on any atom is 0.271 e. The first kappa shape index (κ1) is 16.1. The van der Waals surface area contributed by atoms with Crippen LogP contribution in [-0.2, 0) is 10.9 Å². The molecule has 0 spiro atoms. The highest BCUT2D eigenvalue weighted by Gasteiger charge is 2.24. The number of hydrogen-bond donors (Lipinski definition) is 0. The van der Waals surface area contributed by atoms with Gasteiger partial charge in [-0.2, -0.15) is 0 Å². The molecule has 21 heavy (non-hydrogen) atoms. The summed E-state index contributed by atoms with van der Waals surface area (Å²) in [5, 5.41) is 19.9. The molecule has 0 saturated heterocycles. The van der Waals surface area contributed by atoms with E-state index >= 15 is 0 Å². The molecular formula is C13H14Br2N4O2. The molecule has 0 N–H and O–H groups in total. The van der Waals surface area contributed by atoms with Crippen molar-refractivity contribution in [3.63, 3.8) is 0 Å². The van der Waals surface area contributed by atoms with E-state index in [4.69, 9.17) is 0 Å². The minimum absolute atomic E-state index is 0.0169. The molecule has 0 amide bonds. The van der Waals surface area contributed by atoms with Crippen LogP contribution in [0.15, 0.2) is 22.7 Å². The first-order chi connectivity index (χ1) is 9.74. The summed E-state index contributed by atoms with van der Waals surface area (Å²) < 4.78 is 2.61. The molecule has 0 bridgehead atoms. The van der Waals surface area contributed by atoms with E-state index in [9.17, 15) is 10.1 Å². The molecule has 0 fully saturated rings. The molecule has 0 aliphatic rings. The Balaban J connectivity index is 2.68. The van der Waals surface area contributed by atoms with Crippen LogP contribution in [0.25, 0.3) is 11.4 Å². The van der Waals surface area contributed by atoms with Crippen LogP contribution in [-0.4, -0.2) is 19.7 Å². The van der Waals surface area contributed by atoms with Gasteiger partial charge in [0.1, 0.15) is 5.82 Å². The van der Waals surface area contributed by atoms with Crippen molar-refractivity contribution in [2.24, 2.45) is 0 Å². The van der Waals surface area contributed by atoms with Crippen LogP contribution in [0.5, 0.6) is 0 Å². The molecule has 2 aromatic rings. The van der Waals surface area contributed by atoms with Crippen molar-refractivity contribution in [3.05, 3.63) is 38.6 Å². The lowest BCUT2D eigenvalue weighted by Crippen LogP contribution is -2.24. The van der Waals surface area contributed by atoms with Gasteiger partial charge in [0.2, 0.25) is 0 Å². The number of nitro benzene ring substituents is 1. The van der Waals surface area contributed by atoms with Crippen molar-refractivity contribution in [1.29, 1.82) is 0 Å². The van der Waals surface area contributed by atoms with E-state index in [0.29, 0.717) is 21.2 Å². The number of non-ortho nitro benzene ring substituents is 1. The summed E-state index contributed by atoms with van der Waals surface area (Å²) >= 11 is 6.70. The average Bonchev–Trinajstić information content (AvgIpc) is 2.81. The molecule has 0 unspecified atom stereocenters. The summed E-state index contributed by atoms with van der Waals surface area (Å²) in [6.45, 7) is 6.12. The molecule has 2 rings (SSSR count). The molecule has 0 aliphatic heterocycles. The van der Waals surface area contributed by atoms with Crippen LogP contribution < -0.4 is 0 Å². The summed E-state index contributed by atoms with van der Waals surface area (Å²) in [4.78, 5) is 10.6. The Bertz CT molecular complexity index is 692. The van der Waals surface area contributed by atoms with Gasteiger partial charge in [-0.3, -0.25) is 10.1 Å². The third-order valence-electron chi connectivity index (χ3n) is 2.87. The van der Waals surface area contributed by atoms with E-state index in [1.54, 1.807) is 6.07 Å². The van der Waals surface area contributed by atoms with Gasteiger partial charge in [0.05, 0.1) is 10.3 Å². The number of nitro groups is 1. The van der Waals surface area contributed by atoms with Gasteiger partial charge in [-0.05, 0) is 26.8 Å². The zero-order valence-corrected chi connectivity index (χ0v) is 15.0. The predicted octanol–water partition coefficient (Wildman–Crippen LogP) is 4.27. The highest BCUT2D eigenvalue weighted by Crippen LogP contribution is 2.31. The molecule has 1 aromatic carbocycles. The average molecular weight is 418 g/mol. The second kappa shape index (κ2) is 5.84. The predicted molar refractivity (Wildman–Crippen MR) is 87.4 cm³/mol. The highest BCUT2D eigenvalue weighted by molar-refractivity contribution is 9.10. The van der Waals surface area contributed by atoms with Crippen molar-refractivity contribution >= 4 is 37.5 Å². The minimum atomic E-state index is -0.419. The van der Waals surface area contributed by atoms with Crippen molar-refractivity contribution in [2.75, 3.05) is 0 Å². The Labute approximate surface area is 139 Å². The van der Waals surface area contributed by atoms with Crippen molar-refractivity contribution in [1.82, 2.24) is 14.8 Å². The normalized spacial score (nSPS) is 11.7. The fourth-order valence-electron chi connectivity index (χ4n) is 2.10. The number of benzene rings is 1. The second-order valence-corrected chi connectivity index (χ2v) is 7.01. The van der Waals surface area contributed by atoms with Crippen molar-refractivity contribution < 1.29 is 4.92 Å². The Kier molecular flexibility index (Phi) is 4.48. The first-order valence-electron chi connectivity index (χ1n) is 6.20. The van der Waals surface area contributed by atoms with Gasteiger partial charge in [0.15, 0.2) is 5.82 Å². The Morgan fingerprint density at radius 3 is 2.48 bits per heavy atom. The monoisotopic (exact) mass is 416 g/mol. The standard InChI is InChI=1S/C13H14Br2N4O2/c1-13(2,3)18-11(7-14)16-17-12(18)8-4-9(15)6-10(5-8)19(20)21/h4-6H,7H2,1-3H3. The third-order valence-corrected chi connectivity index (χ3v) is 3.83. The Morgan fingerprint density at radius 2 is 1.95 bits per heavy atom. The number of alkyl halides is 1. The minimum Gasteiger partial charge on any atom is -0.305 e. The zero-order valence-electron chi connectivity index (χ0n) is 11.8. The van der Waals surface area contributed by atoms with E-state index in [1.165, 1.54) is 12.1 Å². The van der Waals surface area contributed by atoms with Crippen molar-refractivity contribution in [2.45, 2.75) is 31.6 Å². The summed E-state index contributed by atoms with van der Waals surface area (Å²) in [5.74, 6) is 1.39. The molecule has 6 nitrogen and oxygen atoms in total. The second-order valence-electron chi connectivity index (χ2n) is 5.53. The zero-order chi connectivity index (χ0) is 15.8. The molecule has 0 saturated carbocycles. The fourth-order valence-corrected chi connectivity index (χ4v) is 2.95. The number of halogens is 2. The summed E-state index contributed by atoms with van der Waals surface area (Å²) in [6, 6.07) is 4.78. The van der Waals surface area contributed by atoms with Gasteiger partial charge in [0, 0.05) is 27.7 Å². The number of rotatable bonds is 3. The quantitative estimate of drug-likeness (QED) is 0.424. The molecule has 112 valence electrons. The van der Waals surface area contributed by atoms with Gasteiger partial charge >= 0.3 is 0 Å². The third kappa shape index (κ3) is 3.32. The lowest BCUT2D eigenvalue weighted by Gasteiger charge is -2.24. The van der Waals surface area contributed by atoms with Crippen molar-refractivity contribution in [3.8, 4) is 11.4 Å². The van der Waals surface area contributed by atoms with Gasteiger partial charge in [-0.1, -0.05) is 31.9 Å². The smallest absolute Gasteiger partial charge is 0.271 e. The van der Waals surface area contributed by atoms with E-state index in [1.807, 2.05) is 25.3 Å². The van der Waals surface area contributed by atoms with Gasteiger partial charge in [0.25, 0.3) is 5.69 Å². The summed E-state index contributed by atoms with van der Waals surface area (Å²) in [5.41, 5.74) is 0.438. The fraction of sp³-hybridized carbons (Fsp3) is 0.385. The Hall–Kier alpha value is -1.28. The molecule has 1 aromatic heterocycles. The van der Waals surface area contributed by atoms with E-state index in [-0.39, 0.29) is 11.2 Å². The Morgan fingerprint density at radius 1 is 1.29 bits per heavy atom. The number of aromatic nitrogens is 3. The van der Waals surface area contributed by atoms with Crippen LogP contribution >= 0.6 is 31.9 Å². The topological polar surface area (TPSA) is 73.8 Å².